The predicted octanol–water partition coefficient (Wildman–Crippen LogP) is 8.26. The maximum absolute atomic E-state index is 16.8. The number of hydrogen-bond donors (Lipinski definition) is 4. The number of halogens is 1. The van der Waals surface area contributed by atoms with Crippen LogP contribution >= 0.6 is 0 Å². The van der Waals surface area contributed by atoms with Crippen molar-refractivity contribution in [2.75, 3.05) is 27.3 Å². The molecule has 4 amide bonds. The first-order valence-corrected chi connectivity index (χ1v) is 22.5. The van der Waals surface area contributed by atoms with Crippen molar-refractivity contribution in [3.8, 4) is 39.5 Å². The van der Waals surface area contributed by atoms with Crippen molar-refractivity contribution in [3.63, 3.8) is 0 Å². The van der Waals surface area contributed by atoms with Gasteiger partial charge < -0.3 is 49.2 Å². The highest BCUT2D eigenvalue weighted by atomic mass is 19.1. The van der Waals surface area contributed by atoms with E-state index in [1.807, 2.05) is 92.9 Å². The van der Waals surface area contributed by atoms with E-state index in [0.717, 1.165) is 47.0 Å². The van der Waals surface area contributed by atoms with Crippen LogP contribution in [-0.4, -0.2) is 97.7 Å². The van der Waals surface area contributed by atoms with Gasteiger partial charge in [0.05, 0.1) is 66.9 Å². The van der Waals surface area contributed by atoms with Crippen LogP contribution in [0.3, 0.4) is 0 Å². The molecule has 2 fully saturated rings. The molecule has 9 rings (SSSR count). The van der Waals surface area contributed by atoms with Crippen LogP contribution in [-0.2, 0) is 19.1 Å². The van der Waals surface area contributed by atoms with Crippen LogP contribution in [0.25, 0.3) is 44.7 Å². The number of carbonyl (C=O) groups excluding carboxylic acids is 4. The quantitative estimate of drug-likeness (QED) is 0.0993. The minimum Gasteiger partial charge on any atom is -0.465 e. The third kappa shape index (κ3) is 8.11. The summed E-state index contributed by atoms with van der Waals surface area (Å²) in [6.07, 6.45) is 4.41. The van der Waals surface area contributed by atoms with Crippen LogP contribution in [0.1, 0.15) is 88.9 Å². The fraction of sp³-hybridized carbons (Fsp3) is 0.388. The molecule has 3 aromatic heterocycles. The topological polar surface area (TPSA) is 189 Å². The molecular formula is C49H54FN9O7. The number of aromatic amines is 2. The van der Waals surface area contributed by atoms with Crippen LogP contribution in [0.2, 0.25) is 0 Å². The summed E-state index contributed by atoms with van der Waals surface area (Å²) in [4.78, 5) is 71.5. The molecule has 3 aliphatic heterocycles. The second-order valence-corrected chi connectivity index (χ2v) is 17.8. The number of nitrogens with one attached hydrogen (secondary N) is 4. The zero-order valence-corrected chi connectivity index (χ0v) is 37.8. The number of fused-ring (bicyclic) bond motifs is 5. The molecule has 0 radical (unpaired) electrons. The van der Waals surface area contributed by atoms with Crippen molar-refractivity contribution < 1.29 is 37.8 Å². The Morgan fingerprint density at radius 3 is 1.85 bits per heavy atom. The van der Waals surface area contributed by atoms with Crippen LogP contribution in [0.4, 0.5) is 14.0 Å². The number of imidazole rings is 2. The molecule has 0 aliphatic carbocycles. The molecule has 344 valence electrons. The smallest absolute Gasteiger partial charge is 0.407 e. The summed E-state index contributed by atoms with van der Waals surface area (Å²) in [5.74, 6) is 0.387. The van der Waals surface area contributed by atoms with E-state index in [4.69, 9.17) is 19.2 Å². The van der Waals surface area contributed by atoms with Crippen molar-refractivity contribution in [1.82, 2.24) is 44.9 Å². The van der Waals surface area contributed by atoms with Crippen LogP contribution < -0.4 is 15.4 Å². The third-order valence-electron chi connectivity index (χ3n) is 13.0. The Labute approximate surface area is 381 Å². The largest absolute Gasteiger partial charge is 0.465 e. The Morgan fingerprint density at radius 1 is 0.742 bits per heavy atom. The lowest BCUT2D eigenvalue weighted by molar-refractivity contribution is -0.136. The number of amides is 4. The number of methoxy groups -OCH3 is 2. The monoisotopic (exact) mass is 899 g/mol. The van der Waals surface area contributed by atoms with Crippen molar-refractivity contribution >= 4 is 34.9 Å². The van der Waals surface area contributed by atoms with E-state index < -0.39 is 36.3 Å². The number of carbonyl (C=O) groups is 4. The number of benzene rings is 3. The summed E-state index contributed by atoms with van der Waals surface area (Å²) in [5, 5.41) is 6.24. The Bertz CT molecular complexity index is 2800. The minimum absolute atomic E-state index is 0.152. The molecule has 0 spiro atoms. The number of H-pyrrole nitrogens is 2. The molecule has 5 atom stereocenters. The first kappa shape index (κ1) is 44.1. The Balaban J connectivity index is 1.02. The number of alkyl carbamates (subject to hydrolysis) is 2. The highest BCUT2D eigenvalue weighted by Gasteiger charge is 2.40. The molecule has 0 saturated carbocycles. The average Bonchev–Trinajstić information content (AvgIpc) is 4.18. The molecule has 0 bridgehead atoms. The number of hydrogen-bond acceptors (Lipinski definition) is 9. The first-order chi connectivity index (χ1) is 31.8. The highest BCUT2D eigenvalue weighted by molar-refractivity contribution is 5.93. The zero-order chi connectivity index (χ0) is 46.4. The summed E-state index contributed by atoms with van der Waals surface area (Å²) in [6.45, 7) is 8.55. The molecule has 2 saturated heterocycles. The van der Waals surface area contributed by atoms with Crippen LogP contribution in [0, 0.1) is 17.7 Å². The Morgan fingerprint density at radius 2 is 1.30 bits per heavy atom. The number of nitrogens with zero attached hydrogens (tertiary/aromatic N) is 5. The molecule has 6 heterocycles. The lowest BCUT2D eigenvalue weighted by Gasteiger charge is -2.31. The molecule has 66 heavy (non-hydrogen) atoms. The van der Waals surface area contributed by atoms with Gasteiger partial charge in [-0.3, -0.25) is 9.59 Å². The summed E-state index contributed by atoms with van der Waals surface area (Å²) in [5.41, 5.74) is 5.42. The number of ether oxygens (including phenoxy) is 3. The van der Waals surface area contributed by atoms with Gasteiger partial charge in [-0.2, -0.15) is 0 Å². The standard InChI is InChI=1S/C49H54FN9O7/c1-26(2)41(55-48(62)64-5)45(60)57-18-10-14-36(57)43-51-24-33(53-43)29-16-17-35-31(20-29)22-38-40-32(50)21-30(23-39(40)66-47(59(35)38)28-12-8-7-9-13-28)34-25-52-44(54-34)37-15-11-19-58(37)46(61)42(27(3)4)56-49(63)65-6/h7-9,12-13,16-17,20-27,36-37,41-42,47H,10-11,14-15,18-19H2,1-6H3,(H,51,53)(H,52,54)(H,55,62)(H,56,63)/t36-,37-,41?,42-,47-/m0/s1. The summed E-state index contributed by atoms with van der Waals surface area (Å²) < 4.78 is 35.2. The summed E-state index contributed by atoms with van der Waals surface area (Å²) >= 11 is 0. The SMILES string of the molecule is COC(=O)NC(C(=O)N1CCC[C@H]1c1ncc(-c2ccc3c(c2)cc2n3[C@H](c3ccccc3)Oc3cc(-c4cnc([C@@H]5CCCN5C(=O)[C@@H](NC(=O)OC)C(C)C)[nH]4)cc(F)c3-2)[nH]1)C(C)C. The van der Waals surface area contributed by atoms with Gasteiger partial charge in [0.1, 0.15) is 35.3 Å². The van der Waals surface area contributed by atoms with E-state index in [9.17, 15) is 19.2 Å². The van der Waals surface area contributed by atoms with E-state index in [0.29, 0.717) is 59.4 Å². The molecule has 4 N–H and O–H groups in total. The van der Waals surface area contributed by atoms with E-state index in [-0.39, 0.29) is 35.7 Å². The second-order valence-electron chi connectivity index (χ2n) is 17.8. The lowest BCUT2D eigenvalue weighted by Crippen LogP contribution is -2.51. The van der Waals surface area contributed by atoms with E-state index >= 15 is 4.39 Å². The highest BCUT2D eigenvalue weighted by Crippen LogP contribution is 2.47. The van der Waals surface area contributed by atoms with Gasteiger partial charge in [-0.05, 0) is 67.9 Å². The van der Waals surface area contributed by atoms with Gasteiger partial charge in [0.15, 0.2) is 0 Å². The maximum atomic E-state index is 16.8. The number of aromatic nitrogens is 5. The van der Waals surface area contributed by atoms with Crippen molar-refractivity contribution in [2.24, 2.45) is 11.8 Å². The molecule has 3 aromatic carbocycles. The van der Waals surface area contributed by atoms with Crippen molar-refractivity contribution in [2.45, 2.75) is 83.8 Å². The minimum atomic E-state index is -0.771. The normalized spacial score (nSPS) is 18.8. The van der Waals surface area contributed by atoms with Gasteiger partial charge in [-0.15, -0.1) is 0 Å². The van der Waals surface area contributed by atoms with Gasteiger partial charge in [0, 0.05) is 35.2 Å². The van der Waals surface area contributed by atoms with Gasteiger partial charge in [-0.25, -0.2) is 23.9 Å². The number of rotatable bonds is 11. The average molecular weight is 900 g/mol. The Hall–Kier alpha value is -7.17. The van der Waals surface area contributed by atoms with E-state index in [2.05, 4.69) is 25.6 Å². The molecule has 6 aromatic rings. The van der Waals surface area contributed by atoms with Gasteiger partial charge in [0.2, 0.25) is 18.0 Å². The zero-order valence-electron chi connectivity index (χ0n) is 37.8. The lowest BCUT2D eigenvalue weighted by atomic mass is 10.0. The fourth-order valence-corrected chi connectivity index (χ4v) is 9.63. The molecular weight excluding hydrogens is 846 g/mol. The van der Waals surface area contributed by atoms with Crippen LogP contribution in [0.15, 0.2) is 79.1 Å². The predicted molar refractivity (Wildman–Crippen MR) is 243 cm³/mol. The first-order valence-electron chi connectivity index (χ1n) is 22.5. The van der Waals surface area contributed by atoms with E-state index in [1.165, 1.54) is 20.3 Å². The molecule has 3 aliphatic rings. The summed E-state index contributed by atoms with van der Waals surface area (Å²) in [6, 6.07) is 18.9. The van der Waals surface area contributed by atoms with Gasteiger partial charge >= 0.3 is 12.2 Å². The van der Waals surface area contributed by atoms with Crippen molar-refractivity contribution in [3.05, 3.63) is 102 Å². The van der Waals surface area contributed by atoms with E-state index in [1.54, 1.807) is 22.2 Å². The second kappa shape index (κ2) is 18.0. The number of likely N-dealkylation sites (tertiary alicyclic amines) is 2. The van der Waals surface area contributed by atoms with Crippen molar-refractivity contribution in [1.29, 1.82) is 0 Å². The van der Waals surface area contributed by atoms with Gasteiger partial charge in [0.25, 0.3) is 0 Å². The third-order valence-corrected chi connectivity index (χ3v) is 13.0. The van der Waals surface area contributed by atoms with Crippen LogP contribution in [0.5, 0.6) is 5.75 Å². The molecule has 1 unspecified atom stereocenters. The molecule has 16 nitrogen and oxygen atoms in total. The summed E-state index contributed by atoms with van der Waals surface area (Å²) in [7, 11) is 2.54. The Kier molecular flexibility index (Phi) is 12.0. The maximum Gasteiger partial charge on any atom is 0.407 e. The molecule has 17 heteroatoms. The van der Waals surface area contributed by atoms with Gasteiger partial charge in [-0.1, -0.05) is 64.1 Å². The fourth-order valence-electron chi connectivity index (χ4n) is 9.63.